The molecule has 3 atom stereocenters. The number of carboxylic acids is 1. The van der Waals surface area contributed by atoms with Crippen molar-refractivity contribution in [1.82, 2.24) is 29.7 Å². The summed E-state index contributed by atoms with van der Waals surface area (Å²) in [5.74, 6) is 2.75. The van der Waals surface area contributed by atoms with Crippen LogP contribution in [0.3, 0.4) is 0 Å². The second-order valence-electron chi connectivity index (χ2n) is 16.5. The number of aromatic nitrogens is 4. The Morgan fingerprint density at radius 3 is 2.64 bits per heavy atom. The van der Waals surface area contributed by atoms with Crippen molar-refractivity contribution in [2.45, 2.75) is 37.7 Å². The zero-order valence-electron chi connectivity index (χ0n) is 37.9. The minimum Gasteiger partial charge on any atom is -0.496 e. The molecule has 5 heterocycles. The standard InChI is InChI=1S/C50H48ClFN6O9S2/c1-5-40(51)43-12-8-10-39-45-48(54-30-55-49(45)68-46(39)31-13-15-33(52)16-14-31)67-44(50(59)60)24-32-23-36(64-28-37(66-43)26-58-22-21-57(2)35(25-58)29-69(4,61)62)17-18-41(32)65-27-34-19-20-53-47(56-34)38-9-6-7-11-42(38)63-3/h1,6-9,11-20,23,30,35,37,44H,10,21-22,24-29H2,2-4H3,(H,59,60)/b12-8-,43-40-/t35?,37-,44-/m1/s1. The van der Waals surface area contributed by atoms with E-state index in [9.17, 15) is 22.7 Å². The molecule has 8 rings (SSSR count). The fraction of sp³-hybridized carbons (Fsp3) is 0.300. The van der Waals surface area contributed by atoms with E-state index in [0.717, 1.165) is 4.88 Å². The molecule has 358 valence electrons. The first-order valence-corrected chi connectivity index (χ1v) is 25.1. The highest BCUT2D eigenvalue weighted by Gasteiger charge is 2.31. The van der Waals surface area contributed by atoms with Gasteiger partial charge in [-0.25, -0.2) is 37.5 Å². The van der Waals surface area contributed by atoms with Crippen LogP contribution >= 0.6 is 22.9 Å². The van der Waals surface area contributed by atoms with E-state index in [4.69, 9.17) is 46.7 Å². The number of fused-ring (bicyclic) bond motifs is 2. The van der Waals surface area contributed by atoms with Crippen LogP contribution in [-0.2, 0) is 38.8 Å². The highest BCUT2D eigenvalue weighted by atomic mass is 35.5. The van der Waals surface area contributed by atoms with E-state index in [2.05, 4.69) is 25.8 Å². The number of hydrogen-bond donors (Lipinski definition) is 1. The largest absolute Gasteiger partial charge is 0.496 e. The van der Waals surface area contributed by atoms with Crippen molar-refractivity contribution < 1.29 is 46.4 Å². The quantitative estimate of drug-likeness (QED) is 0.129. The summed E-state index contributed by atoms with van der Waals surface area (Å²) >= 11 is 8.02. The van der Waals surface area contributed by atoms with Gasteiger partial charge in [0.1, 0.15) is 74.2 Å². The van der Waals surface area contributed by atoms with Crippen LogP contribution in [0.4, 0.5) is 4.39 Å². The van der Waals surface area contributed by atoms with Crippen LogP contribution in [0.5, 0.6) is 23.1 Å². The van der Waals surface area contributed by atoms with Crippen LogP contribution in [0.25, 0.3) is 32.0 Å². The van der Waals surface area contributed by atoms with Gasteiger partial charge in [0.05, 0.1) is 29.5 Å². The van der Waals surface area contributed by atoms with E-state index in [1.165, 1.54) is 36.1 Å². The molecule has 3 aromatic carbocycles. The average Bonchev–Trinajstić information content (AvgIpc) is 3.71. The lowest BCUT2D eigenvalue weighted by atomic mass is 10.0. The molecule has 1 fully saturated rings. The van der Waals surface area contributed by atoms with Crippen LogP contribution in [0, 0.1) is 18.2 Å². The van der Waals surface area contributed by atoms with Gasteiger partial charge in [0.25, 0.3) is 0 Å². The number of sulfone groups is 1. The van der Waals surface area contributed by atoms with Gasteiger partial charge in [0, 0.05) is 61.5 Å². The summed E-state index contributed by atoms with van der Waals surface area (Å²) < 4.78 is 70.4. The molecule has 69 heavy (non-hydrogen) atoms. The number of piperazine rings is 1. The summed E-state index contributed by atoms with van der Waals surface area (Å²) in [5.41, 5.74) is 3.05. The Balaban J connectivity index is 1.19. The van der Waals surface area contributed by atoms with E-state index in [-0.39, 0.29) is 54.5 Å². The number of aliphatic carboxylic acids is 1. The SMILES string of the molecule is C#C/C(Cl)=C1\C=C/Cc2c(-c3ccc(F)cc3)sc3ncnc(c23)O[C@@H](C(=O)O)Cc2cc(ccc2OCc2ccnc(-c3ccccc3OC)n2)OC[C@@H](CN2CCN(C)C(CS(C)(=O)=O)C2)O1. The number of rotatable bonds is 11. The first-order valence-electron chi connectivity index (χ1n) is 21.8. The van der Waals surface area contributed by atoms with E-state index >= 15 is 0 Å². The van der Waals surface area contributed by atoms with Crippen molar-refractivity contribution in [2.75, 3.05) is 59.0 Å². The Hall–Kier alpha value is -6.62. The summed E-state index contributed by atoms with van der Waals surface area (Å²) in [4.78, 5) is 36.8. The molecule has 1 unspecified atom stereocenters. The monoisotopic (exact) mass is 994 g/mol. The zero-order chi connectivity index (χ0) is 48.7. The third kappa shape index (κ3) is 12.2. The number of halogens is 2. The number of carbonyl (C=O) groups is 1. The van der Waals surface area contributed by atoms with Gasteiger partial charge >= 0.3 is 5.97 Å². The van der Waals surface area contributed by atoms with Crippen molar-refractivity contribution >= 4 is 49.0 Å². The summed E-state index contributed by atoms with van der Waals surface area (Å²) in [7, 11) is 0.200. The van der Waals surface area contributed by atoms with Crippen molar-refractivity contribution in [3.63, 3.8) is 0 Å². The summed E-state index contributed by atoms with van der Waals surface area (Å²) in [5, 5.41) is 11.2. The Morgan fingerprint density at radius 2 is 1.87 bits per heavy atom. The zero-order valence-corrected chi connectivity index (χ0v) is 40.3. The van der Waals surface area contributed by atoms with Crippen LogP contribution in [0.15, 0.2) is 108 Å². The molecule has 1 saturated heterocycles. The number of terminal acetylenes is 1. The topological polar surface area (TPSA) is 176 Å². The average molecular weight is 996 g/mol. The number of benzene rings is 3. The third-order valence-electron chi connectivity index (χ3n) is 11.5. The number of para-hydroxylation sites is 1. The predicted octanol–water partition coefficient (Wildman–Crippen LogP) is 7.24. The van der Waals surface area contributed by atoms with Crippen LogP contribution in [-0.4, -0.2) is 126 Å². The van der Waals surface area contributed by atoms with Gasteiger partial charge in [-0.15, -0.1) is 17.8 Å². The summed E-state index contributed by atoms with van der Waals surface area (Å²) in [6.45, 7) is 1.96. The molecule has 19 heteroatoms. The van der Waals surface area contributed by atoms with Gasteiger partial charge < -0.3 is 28.8 Å². The van der Waals surface area contributed by atoms with Gasteiger partial charge in [-0.05, 0) is 79.2 Å². The lowest BCUT2D eigenvalue weighted by molar-refractivity contribution is -0.145. The molecule has 2 aliphatic heterocycles. The molecule has 0 aliphatic carbocycles. The number of allylic oxidation sites excluding steroid dienone is 3. The molecule has 6 aromatic rings. The highest BCUT2D eigenvalue weighted by Crippen LogP contribution is 2.42. The third-order valence-corrected chi connectivity index (χ3v) is 14.0. The molecular formula is C50H48ClFN6O9S2. The summed E-state index contributed by atoms with van der Waals surface area (Å²) in [6.07, 6.45) is 11.3. The first-order chi connectivity index (χ1) is 33.2. The normalized spacial score (nSPS) is 19.5. The number of thiophene rings is 1. The van der Waals surface area contributed by atoms with Crippen molar-refractivity contribution in [2.24, 2.45) is 0 Å². The first kappa shape index (κ1) is 48.8. The maximum atomic E-state index is 14.2. The molecule has 15 nitrogen and oxygen atoms in total. The number of methoxy groups -OCH3 is 1. The minimum atomic E-state index is -3.28. The predicted molar refractivity (Wildman–Crippen MR) is 261 cm³/mol. The molecule has 3 aromatic heterocycles. The fourth-order valence-electron chi connectivity index (χ4n) is 8.13. The molecule has 2 bridgehead atoms. The van der Waals surface area contributed by atoms with E-state index in [1.54, 1.807) is 61.9 Å². The second kappa shape index (κ2) is 21.8. The Labute approximate surface area is 408 Å². The van der Waals surface area contributed by atoms with E-state index < -0.39 is 33.8 Å². The van der Waals surface area contributed by atoms with Gasteiger partial charge in [-0.2, -0.15) is 0 Å². The Kier molecular flexibility index (Phi) is 15.4. The lowest BCUT2D eigenvalue weighted by Crippen LogP contribution is -2.55. The maximum Gasteiger partial charge on any atom is 0.345 e. The second-order valence-corrected chi connectivity index (χ2v) is 20.1. The summed E-state index contributed by atoms with van der Waals surface area (Å²) in [6, 6.07) is 19.9. The molecule has 0 spiro atoms. The smallest absolute Gasteiger partial charge is 0.345 e. The van der Waals surface area contributed by atoms with Crippen molar-refractivity contribution in [1.29, 1.82) is 0 Å². The lowest BCUT2D eigenvalue weighted by Gasteiger charge is -2.40. The molecule has 0 saturated carbocycles. The van der Waals surface area contributed by atoms with Crippen molar-refractivity contribution in [3.8, 4) is 57.3 Å². The van der Waals surface area contributed by atoms with E-state index in [0.29, 0.717) is 87.4 Å². The number of likely N-dealkylation sites (N-methyl/N-ethyl adjacent to an activating group) is 1. The van der Waals surface area contributed by atoms with Crippen LogP contribution in [0.2, 0.25) is 0 Å². The molecular weight excluding hydrogens is 947 g/mol. The highest BCUT2D eigenvalue weighted by molar-refractivity contribution is 7.90. The molecule has 0 radical (unpaired) electrons. The Bertz CT molecular complexity index is 3050. The number of nitrogens with zero attached hydrogens (tertiary/aromatic N) is 6. The van der Waals surface area contributed by atoms with Crippen LogP contribution in [0.1, 0.15) is 16.8 Å². The van der Waals surface area contributed by atoms with Crippen molar-refractivity contribution in [3.05, 3.63) is 131 Å². The number of ether oxygens (including phenoxy) is 5. The van der Waals surface area contributed by atoms with E-state index in [1.807, 2.05) is 36.2 Å². The van der Waals surface area contributed by atoms with Gasteiger partial charge in [-0.1, -0.05) is 47.9 Å². The fourth-order valence-corrected chi connectivity index (χ4v) is 10.5. The molecule has 0 amide bonds. The number of carboxylic acid groups (broad SMARTS) is 1. The van der Waals surface area contributed by atoms with Gasteiger partial charge in [-0.3, -0.25) is 9.80 Å². The number of hydrogen-bond acceptors (Lipinski definition) is 15. The van der Waals surface area contributed by atoms with Crippen LogP contribution < -0.4 is 18.9 Å². The molecule has 2 aliphatic rings. The molecule has 1 N–H and O–H groups in total. The minimum absolute atomic E-state index is 0.00408. The maximum absolute atomic E-state index is 14.2. The van der Waals surface area contributed by atoms with Gasteiger partial charge in [0.2, 0.25) is 12.0 Å². The van der Waals surface area contributed by atoms with Gasteiger partial charge in [0.15, 0.2) is 5.82 Å². The Morgan fingerprint density at radius 1 is 1.06 bits per heavy atom.